The molecule has 2 atom stereocenters. The lowest BCUT2D eigenvalue weighted by Gasteiger charge is -2.43. The zero-order valence-corrected chi connectivity index (χ0v) is 18.8. The third kappa shape index (κ3) is 4.49. The van der Waals surface area contributed by atoms with Gasteiger partial charge in [-0.2, -0.15) is 0 Å². The van der Waals surface area contributed by atoms with Gasteiger partial charge in [-0.25, -0.2) is 9.78 Å². The largest absolute Gasteiger partial charge is 0.457 e. The van der Waals surface area contributed by atoms with E-state index in [-0.39, 0.29) is 17.9 Å². The van der Waals surface area contributed by atoms with Gasteiger partial charge in [-0.3, -0.25) is 14.5 Å². The molecule has 0 unspecified atom stereocenters. The Balaban J connectivity index is 1.36. The van der Waals surface area contributed by atoms with Crippen molar-refractivity contribution in [3.63, 3.8) is 0 Å². The number of thiazole rings is 1. The molecule has 1 N–H and O–H groups in total. The van der Waals surface area contributed by atoms with Crippen LogP contribution >= 0.6 is 11.3 Å². The average Bonchev–Trinajstić information content (AvgIpc) is 3.25. The van der Waals surface area contributed by atoms with Crippen LogP contribution in [0.3, 0.4) is 0 Å². The Bertz CT molecular complexity index is 1000. The lowest BCUT2D eigenvalue weighted by atomic mass is 9.64. The summed E-state index contributed by atoms with van der Waals surface area (Å²) in [5.74, 6) is -0.640. The zero-order valence-electron chi connectivity index (χ0n) is 18.0. The highest BCUT2D eigenvalue weighted by molar-refractivity contribution is 7.09. The molecule has 31 heavy (non-hydrogen) atoms. The minimum absolute atomic E-state index is 0.00912. The molecule has 1 aromatic carbocycles. The van der Waals surface area contributed by atoms with Gasteiger partial charge in [0.05, 0.1) is 5.69 Å². The van der Waals surface area contributed by atoms with E-state index in [2.05, 4.69) is 31.1 Å². The number of carbonyl (C=O) groups is 3. The number of nitrogens with zero attached hydrogens (tertiary/aromatic N) is 2. The summed E-state index contributed by atoms with van der Waals surface area (Å²) in [4.78, 5) is 43.5. The summed E-state index contributed by atoms with van der Waals surface area (Å²) in [6.45, 7) is 5.93. The van der Waals surface area contributed by atoms with Crippen LogP contribution < -0.4 is 5.32 Å². The Morgan fingerprint density at radius 2 is 2.00 bits per heavy atom. The number of hydrogen-bond acceptors (Lipinski definition) is 6. The molecule has 1 saturated heterocycles. The van der Waals surface area contributed by atoms with Gasteiger partial charge >= 0.3 is 12.0 Å². The molecule has 2 fully saturated rings. The molecule has 1 spiro atoms. The molecule has 2 aromatic rings. The van der Waals surface area contributed by atoms with E-state index >= 15 is 0 Å². The van der Waals surface area contributed by atoms with Crippen LogP contribution in [-0.4, -0.2) is 39.9 Å². The van der Waals surface area contributed by atoms with Gasteiger partial charge in [0.1, 0.15) is 23.7 Å². The normalized spacial score (nSPS) is 25.0. The molecule has 2 heterocycles. The van der Waals surface area contributed by atoms with Crippen molar-refractivity contribution in [2.75, 3.05) is 6.54 Å². The van der Waals surface area contributed by atoms with Crippen LogP contribution in [0.15, 0.2) is 35.7 Å². The quantitative estimate of drug-likeness (QED) is 0.560. The van der Waals surface area contributed by atoms with Crippen molar-refractivity contribution in [2.24, 2.45) is 11.3 Å². The molecule has 4 rings (SSSR count). The van der Waals surface area contributed by atoms with Gasteiger partial charge in [0.25, 0.3) is 5.91 Å². The van der Waals surface area contributed by atoms with Gasteiger partial charge in [-0.15, -0.1) is 11.3 Å². The van der Waals surface area contributed by atoms with Crippen molar-refractivity contribution in [2.45, 2.75) is 52.2 Å². The summed E-state index contributed by atoms with van der Waals surface area (Å²) in [6.07, 6.45) is 2.16. The summed E-state index contributed by atoms with van der Waals surface area (Å²) in [5, 5.41) is 5.44. The predicted octanol–water partition coefficient (Wildman–Crippen LogP) is 3.99. The van der Waals surface area contributed by atoms with Gasteiger partial charge in [-0.1, -0.05) is 51.1 Å². The maximum atomic E-state index is 13.1. The SMILES string of the molecule is C[C@H]1CC(C)(C)C[C@]2(C1)NC(=O)N(CC(=O)OCc1nc(-c3ccccc3)cs1)C2=O. The fraction of sp³-hybridized carbons (Fsp3) is 0.478. The first-order valence-corrected chi connectivity index (χ1v) is 11.3. The number of imide groups is 1. The second-order valence-corrected chi connectivity index (χ2v) is 10.4. The van der Waals surface area contributed by atoms with Crippen LogP contribution in [0.4, 0.5) is 4.79 Å². The third-order valence-electron chi connectivity index (χ3n) is 5.89. The molecular weight excluding hydrogens is 414 g/mol. The van der Waals surface area contributed by atoms with E-state index in [1.165, 1.54) is 11.3 Å². The van der Waals surface area contributed by atoms with E-state index in [0.29, 0.717) is 23.8 Å². The number of aromatic nitrogens is 1. The van der Waals surface area contributed by atoms with Crippen molar-refractivity contribution in [1.82, 2.24) is 15.2 Å². The number of nitrogens with one attached hydrogen (secondary N) is 1. The van der Waals surface area contributed by atoms with E-state index in [9.17, 15) is 14.4 Å². The predicted molar refractivity (Wildman–Crippen MR) is 117 cm³/mol. The third-order valence-corrected chi connectivity index (χ3v) is 6.71. The lowest BCUT2D eigenvalue weighted by Crippen LogP contribution is -2.54. The molecule has 1 aromatic heterocycles. The first-order valence-electron chi connectivity index (χ1n) is 10.5. The summed E-state index contributed by atoms with van der Waals surface area (Å²) in [6, 6.07) is 9.22. The van der Waals surface area contributed by atoms with Crippen LogP contribution in [-0.2, 0) is 20.9 Å². The van der Waals surface area contributed by atoms with Crippen molar-refractivity contribution in [3.05, 3.63) is 40.7 Å². The highest BCUT2D eigenvalue weighted by atomic mass is 32.1. The highest BCUT2D eigenvalue weighted by Gasteiger charge is 2.56. The van der Waals surface area contributed by atoms with Gasteiger partial charge in [0.2, 0.25) is 0 Å². The summed E-state index contributed by atoms with van der Waals surface area (Å²) in [7, 11) is 0. The van der Waals surface area contributed by atoms with Crippen molar-refractivity contribution < 1.29 is 19.1 Å². The van der Waals surface area contributed by atoms with Gasteiger partial charge in [0.15, 0.2) is 0 Å². The Morgan fingerprint density at radius 1 is 1.26 bits per heavy atom. The molecule has 2 aliphatic rings. The van der Waals surface area contributed by atoms with Gasteiger partial charge in [-0.05, 0) is 30.6 Å². The number of amides is 3. The Labute approximate surface area is 185 Å². The molecule has 1 saturated carbocycles. The van der Waals surface area contributed by atoms with Crippen LogP contribution in [0.5, 0.6) is 0 Å². The second kappa shape index (κ2) is 8.07. The molecule has 1 aliphatic heterocycles. The maximum Gasteiger partial charge on any atom is 0.326 e. The Hall–Kier alpha value is -2.74. The van der Waals surface area contributed by atoms with E-state index in [4.69, 9.17) is 4.74 Å². The summed E-state index contributed by atoms with van der Waals surface area (Å²) in [5.41, 5.74) is 0.837. The lowest BCUT2D eigenvalue weighted by molar-refractivity contribution is -0.149. The van der Waals surface area contributed by atoms with Gasteiger partial charge in [0, 0.05) is 10.9 Å². The number of rotatable bonds is 5. The van der Waals surface area contributed by atoms with Gasteiger partial charge < -0.3 is 10.1 Å². The molecule has 8 heteroatoms. The molecule has 1 aliphatic carbocycles. The van der Waals surface area contributed by atoms with Crippen LogP contribution in [0.1, 0.15) is 45.0 Å². The van der Waals surface area contributed by atoms with Crippen molar-refractivity contribution in [3.8, 4) is 11.3 Å². The number of hydrogen-bond donors (Lipinski definition) is 1. The standard InChI is InChI=1S/C23H27N3O4S/c1-15-9-22(2,3)14-23(10-15)20(28)26(21(29)25-23)11-19(27)30-12-18-24-17(13-31-18)16-7-5-4-6-8-16/h4-8,13,15H,9-12,14H2,1-3H3,(H,25,29)/t15-,23-/m0/s1. The Morgan fingerprint density at radius 3 is 2.71 bits per heavy atom. The molecule has 164 valence electrons. The molecule has 7 nitrogen and oxygen atoms in total. The molecule has 0 radical (unpaired) electrons. The molecular formula is C23H27N3O4S. The number of esters is 1. The summed E-state index contributed by atoms with van der Waals surface area (Å²) >= 11 is 1.40. The van der Waals surface area contributed by atoms with E-state index in [0.717, 1.165) is 22.6 Å². The monoisotopic (exact) mass is 441 g/mol. The maximum absolute atomic E-state index is 13.1. The van der Waals surface area contributed by atoms with Crippen LogP contribution in [0.2, 0.25) is 0 Å². The number of carbonyl (C=O) groups excluding carboxylic acids is 3. The minimum atomic E-state index is -0.918. The zero-order chi connectivity index (χ0) is 22.2. The first-order chi connectivity index (χ1) is 14.7. The van der Waals surface area contributed by atoms with E-state index < -0.39 is 24.1 Å². The van der Waals surface area contributed by atoms with E-state index in [1.807, 2.05) is 35.7 Å². The average molecular weight is 442 g/mol. The minimum Gasteiger partial charge on any atom is -0.457 e. The smallest absolute Gasteiger partial charge is 0.326 e. The molecule has 0 bridgehead atoms. The van der Waals surface area contributed by atoms with Crippen LogP contribution in [0, 0.1) is 11.3 Å². The van der Waals surface area contributed by atoms with Crippen molar-refractivity contribution in [1.29, 1.82) is 0 Å². The van der Waals surface area contributed by atoms with E-state index in [1.54, 1.807) is 0 Å². The van der Waals surface area contributed by atoms with Crippen LogP contribution in [0.25, 0.3) is 11.3 Å². The number of urea groups is 1. The fourth-order valence-electron chi connectivity index (χ4n) is 5.09. The Kier molecular flexibility index (Phi) is 5.60. The number of ether oxygens (including phenoxy) is 1. The topological polar surface area (TPSA) is 88.6 Å². The second-order valence-electron chi connectivity index (χ2n) is 9.41. The number of benzene rings is 1. The highest BCUT2D eigenvalue weighted by Crippen LogP contribution is 2.46. The first kappa shape index (κ1) is 21.5. The van der Waals surface area contributed by atoms with Crippen molar-refractivity contribution >= 4 is 29.2 Å². The molecule has 3 amide bonds. The summed E-state index contributed by atoms with van der Waals surface area (Å²) < 4.78 is 5.31. The fourth-order valence-corrected chi connectivity index (χ4v) is 5.80.